The summed E-state index contributed by atoms with van der Waals surface area (Å²) in [7, 11) is 1.55. The van der Waals surface area contributed by atoms with Crippen LogP contribution >= 0.6 is 0 Å². The molecule has 26 heavy (non-hydrogen) atoms. The lowest BCUT2D eigenvalue weighted by Crippen LogP contribution is -2.36. The summed E-state index contributed by atoms with van der Waals surface area (Å²) in [6.45, 7) is 6.60. The second kappa shape index (κ2) is 12.5. The van der Waals surface area contributed by atoms with Crippen molar-refractivity contribution in [3.63, 3.8) is 0 Å². The van der Waals surface area contributed by atoms with Gasteiger partial charge in [0.05, 0.1) is 24.3 Å². The number of rotatable bonds is 4. The molecule has 1 aliphatic rings. The number of fused-ring (bicyclic) bond motifs is 1. The lowest BCUT2D eigenvalue weighted by atomic mass is 9.95. The van der Waals surface area contributed by atoms with Crippen molar-refractivity contribution < 1.29 is 14.6 Å². The number of methoxy groups -OCH3 is 1. The Morgan fingerprint density at radius 1 is 1.27 bits per heavy atom. The number of ether oxygens (including phenoxy) is 1. The first-order valence-corrected chi connectivity index (χ1v) is 9.64. The van der Waals surface area contributed by atoms with Crippen molar-refractivity contribution in [1.29, 1.82) is 0 Å². The minimum absolute atomic E-state index is 0.0584. The summed E-state index contributed by atoms with van der Waals surface area (Å²) in [4.78, 5) is 15.6. The molecule has 1 saturated carbocycles. The van der Waals surface area contributed by atoms with Gasteiger partial charge in [0.2, 0.25) is 0 Å². The summed E-state index contributed by atoms with van der Waals surface area (Å²) >= 11 is 0. The third-order valence-corrected chi connectivity index (χ3v) is 4.28. The van der Waals surface area contributed by atoms with E-state index in [0.29, 0.717) is 12.6 Å². The van der Waals surface area contributed by atoms with Gasteiger partial charge in [0, 0.05) is 24.7 Å². The average Bonchev–Trinajstić information content (AvgIpc) is 3.13. The van der Waals surface area contributed by atoms with E-state index in [1.54, 1.807) is 7.11 Å². The van der Waals surface area contributed by atoms with E-state index in [-0.39, 0.29) is 12.5 Å². The number of aromatic amines is 1. The molecule has 3 N–H and O–H groups in total. The lowest BCUT2D eigenvalue weighted by molar-refractivity contribution is 0.0929. The zero-order chi connectivity index (χ0) is 19.4. The number of aromatic nitrogens is 1. The van der Waals surface area contributed by atoms with Gasteiger partial charge < -0.3 is 20.1 Å². The molecule has 1 heterocycles. The van der Waals surface area contributed by atoms with Crippen LogP contribution in [0.5, 0.6) is 0 Å². The third kappa shape index (κ3) is 6.81. The van der Waals surface area contributed by atoms with Crippen LogP contribution in [0.15, 0.2) is 24.4 Å². The lowest BCUT2D eigenvalue weighted by Gasteiger charge is -2.23. The van der Waals surface area contributed by atoms with Crippen LogP contribution in [0.2, 0.25) is 0 Å². The average molecular weight is 363 g/mol. The summed E-state index contributed by atoms with van der Waals surface area (Å²) in [5, 5.41) is 12.2. The predicted octanol–water partition coefficient (Wildman–Crippen LogP) is 4.19. The van der Waals surface area contributed by atoms with Crippen molar-refractivity contribution in [2.75, 3.05) is 20.3 Å². The van der Waals surface area contributed by atoms with Gasteiger partial charge in [-0.3, -0.25) is 4.79 Å². The van der Waals surface area contributed by atoms with E-state index in [1.807, 2.05) is 39.1 Å². The molecular weight excluding hydrogens is 328 g/mol. The summed E-state index contributed by atoms with van der Waals surface area (Å²) in [5.41, 5.74) is 2.84. The number of aliphatic hydroxyl groups is 1. The fraction of sp³-hybridized carbons (Fsp3) is 0.571. The molecule has 1 amide bonds. The zero-order valence-electron chi connectivity index (χ0n) is 16.6. The smallest absolute Gasteiger partial charge is 0.253 e. The zero-order valence-corrected chi connectivity index (χ0v) is 16.6. The van der Waals surface area contributed by atoms with Gasteiger partial charge in [-0.25, -0.2) is 0 Å². The molecule has 5 nitrogen and oxygen atoms in total. The number of H-pyrrole nitrogens is 1. The van der Waals surface area contributed by atoms with E-state index in [4.69, 9.17) is 5.11 Å². The second-order valence-electron chi connectivity index (χ2n) is 6.28. The maximum Gasteiger partial charge on any atom is 0.253 e. The Morgan fingerprint density at radius 3 is 2.54 bits per heavy atom. The van der Waals surface area contributed by atoms with Crippen molar-refractivity contribution in [2.24, 2.45) is 0 Å². The molecule has 146 valence electrons. The number of carbonyl (C=O) groups is 1. The van der Waals surface area contributed by atoms with Gasteiger partial charge in [-0.05, 0) is 43.5 Å². The fourth-order valence-corrected chi connectivity index (χ4v) is 3.10. The maximum atomic E-state index is 12.4. The molecule has 2 aromatic rings. The quantitative estimate of drug-likeness (QED) is 0.763. The Bertz CT molecular complexity index is 644. The highest BCUT2D eigenvalue weighted by Crippen LogP contribution is 2.21. The van der Waals surface area contributed by atoms with E-state index in [0.717, 1.165) is 34.9 Å². The molecule has 0 unspecified atom stereocenters. The second-order valence-corrected chi connectivity index (χ2v) is 6.28. The first kappa shape index (κ1) is 22.2. The summed E-state index contributed by atoms with van der Waals surface area (Å²) < 4.78 is 4.44. The highest BCUT2D eigenvalue weighted by atomic mass is 16.5. The SMILES string of the molecule is CC.COCCO.Cc1cc(C(=O)NC2CCCCC2)c2[nH]ccc2c1. The molecule has 0 atom stereocenters. The van der Waals surface area contributed by atoms with Gasteiger partial charge >= 0.3 is 0 Å². The van der Waals surface area contributed by atoms with Crippen LogP contribution in [0.1, 0.15) is 61.9 Å². The van der Waals surface area contributed by atoms with Crippen molar-refractivity contribution >= 4 is 16.8 Å². The number of aliphatic hydroxyl groups excluding tert-OH is 1. The van der Waals surface area contributed by atoms with Gasteiger partial charge in [0.25, 0.3) is 5.91 Å². The van der Waals surface area contributed by atoms with Gasteiger partial charge in [0.15, 0.2) is 0 Å². The summed E-state index contributed by atoms with van der Waals surface area (Å²) in [6.07, 6.45) is 7.89. The molecule has 1 aromatic carbocycles. The van der Waals surface area contributed by atoms with Crippen LogP contribution in [0, 0.1) is 6.92 Å². The molecule has 3 rings (SSSR count). The number of carbonyl (C=O) groups excluding carboxylic acids is 1. The van der Waals surface area contributed by atoms with Crippen LogP contribution in [-0.2, 0) is 4.74 Å². The van der Waals surface area contributed by atoms with E-state index >= 15 is 0 Å². The molecule has 5 heteroatoms. The Kier molecular flexibility index (Phi) is 10.7. The Balaban J connectivity index is 0.000000420. The first-order chi connectivity index (χ1) is 12.7. The number of nitrogens with one attached hydrogen (secondary N) is 2. The number of aryl methyl sites for hydroxylation is 1. The molecule has 0 radical (unpaired) electrons. The maximum absolute atomic E-state index is 12.4. The molecule has 0 spiro atoms. The fourth-order valence-electron chi connectivity index (χ4n) is 3.10. The van der Waals surface area contributed by atoms with Gasteiger partial charge in [-0.15, -0.1) is 0 Å². The van der Waals surface area contributed by atoms with Crippen LogP contribution in [-0.4, -0.2) is 42.4 Å². The molecule has 1 aliphatic carbocycles. The highest BCUT2D eigenvalue weighted by molar-refractivity contribution is 6.06. The molecule has 0 bridgehead atoms. The number of benzene rings is 1. The Labute approximate surface area is 157 Å². The number of amides is 1. The van der Waals surface area contributed by atoms with Crippen LogP contribution in [0.25, 0.3) is 10.9 Å². The summed E-state index contributed by atoms with van der Waals surface area (Å²) in [5.74, 6) is 0.0584. The summed E-state index contributed by atoms with van der Waals surface area (Å²) in [6, 6.07) is 6.44. The van der Waals surface area contributed by atoms with E-state index in [2.05, 4.69) is 21.1 Å². The standard InChI is InChI=1S/C16H20N2O.C3H8O2.C2H6/c1-11-9-12-7-8-17-15(12)14(10-11)16(19)18-13-5-3-2-4-6-13;1-5-3-2-4;1-2/h7-10,13,17H,2-6H2,1H3,(H,18,19);4H,2-3H2,1H3;1-2H3. The molecule has 0 saturated heterocycles. The van der Waals surface area contributed by atoms with Crippen LogP contribution < -0.4 is 5.32 Å². The van der Waals surface area contributed by atoms with Crippen molar-refractivity contribution in [3.05, 3.63) is 35.5 Å². The molecule has 0 aliphatic heterocycles. The van der Waals surface area contributed by atoms with Gasteiger partial charge in [0.1, 0.15) is 0 Å². The Hall–Kier alpha value is -1.85. The van der Waals surface area contributed by atoms with Crippen molar-refractivity contribution in [3.8, 4) is 0 Å². The van der Waals surface area contributed by atoms with Crippen molar-refractivity contribution in [1.82, 2.24) is 10.3 Å². The Morgan fingerprint density at radius 2 is 1.96 bits per heavy atom. The van der Waals surface area contributed by atoms with Gasteiger partial charge in [-0.1, -0.05) is 33.1 Å². The number of hydrogen-bond donors (Lipinski definition) is 3. The molecule has 1 aromatic heterocycles. The monoisotopic (exact) mass is 362 g/mol. The molecular formula is C21H34N2O3. The third-order valence-electron chi connectivity index (χ3n) is 4.28. The van der Waals surface area contributed by atoms with Crippen LogP contribution in [0.4, 0.5) is 0 Å². The minimum atomic E-state index is 0.0584. The number of hydrogen-bond acceptors (Lipinski definition) is 3. The van der Waals surface area contributed by atoms with Crippen molar-refractivity contribution in [2.45, 2.75) is 58.9 Å². The normalized spacial score (nSPS) is 14.0. The highest BCUT2D eigenvalue weighted by Gasteiger charge is 2.18. The minimum Gasteiger partial charge on any atom is -0.394 e. The van der Waals surface area contributed by atoms with E-state index in [1.165, 1.54) is 19.3 Å². The van der Waals surface area contributed by atoms with Gasteiger partial charge in [-0.2, -0.15) is 0 Å². The van der Waals surface area contributed by atoms with E-state index < -0.39 is 0 Å². The predicted molar refractivity (Wildman–Crippen MR) is 108 cm³/mol. The topological polar surface area (TPSA) is 74.3 Å². The first-order valence-electron chi connectivity index (χ1n) is 9.64. The largest absolute Gasteiger partial charge is 0.394 e. The van der Waals surface area contributed by atoms with E-state index in [9.17, 15) is 4.79 Å². The molecule has 1 fully saturated rings. The van der Waals surface area contributed by atoms with Crippen LogP contribution in [0.3, 0.4) is 0 Å².